The molecule has 5 heterocycles. The molecular weight excluding hydrogens is 861 g/mol. The van der Waals surface area contributed by atoms with Crippen molar-refractivity contribution in [2.75, 3.05) is 54.8 Å². The number of aromatic nitrogens is 6. The van der Waals surface area contributed by atoms with Crippen LogP contribution in [0.25, 0.3) is 22.3 Å². The van der Waals surface area contributed by atoms with Crippen LogP contribution in [0.1, 0.15) is 96.6 Å². The first-order valence-corrected chi connectivity index (χ1v) is 23.2. The third-order valence-corrected chi connectivity index (χ3v) is 12.4. The molecule has 0 atom stereocenters. The maximum absolute atomic E-state index is 15.1. The van der Waals surface area contributed by atoms with Crippen LogP contribution in [0.2, 0.25) is 0 Å². The number of pyridine rings is 1. The largest absolute Gasteiger partial charge is 0.368 e. The summed E-state index contributed by atoms with van der Waals surface area (Å²) in [4.78, 5) is 65.6. The van der Waals surface area contributed by atoms with Crippen molar-refractivity contribution >= 4 is 63.1 Å². The molecule has 0 saturated carbocycles. The summed E-state index contributed by atoms with van der Waals surface area (Å²) in [5.41, 5.74) is 3.85. The number of halogens is 2. The molecule has 0 unspecified atom stereocenters. The Morgan fingerprint density at radius 1 is 0.848 bits per heavy atom. The number of unbranched alkanes of at least 4 members (excludes halogenated alkanes) is 4. The fourth-order valence-electron chi connectivity index (χ4n) is 7.91. The van der Waals surface area contributed by atoms with E-state index in [1.54, 1.807) is 42.6 Å². The molecule has 0 radical (unpaired) electrons. The van der Waals surface area contributed by atoms with E-state index in [1.165, 1.54) is 17.4 Å². The summed E-state index contributed by atoms with van der Waals surface area (Å²) in [5.74, 6) is 5.64. The van der Waals surface area contributed by atoms with E-state index in [0.717, 1.165) is 80.7 Å². The van der Waals surface area contributed by atoms with Crippen LogP contribution < -0.4 is 20.9 Å². The van der Waals surface area contributed by atoms with Crippen molar-refractivity contribution < 1.29 is 23.2 Å². The van der Waals surface area contributed by atoms with Crippen molar-refractivity contribution in [2.24, 2.45) is 0 Å². The number of ketones is 1. The second-order valence-corrected chi connectivity index (χ2v) is 17.9. The number of anilines is 4. The molecule has 6 aromatic rings. The van der Waals surface area contributed by atoms with Crippen LogP contribution in [0, 0.1) is 44.2 Å². The van der Waals surface area contributed by atoms with Gasteiger partial charge in [-0.25, -0.2) is 33.7 Å². The Morgan fingerprint density at radius 3 is 2.36 bits per heavy atom. The molecule has 0 aliphatic carbocycles. The molecule has 17 heteroatoms. The lowest BCUT2D eigenvalue weighted by Gasteiger charge is -2.35. The van der Waals surface area contributed by atoms with E-state index in [0.29, 0.717) is 52.9 Å². The molecule has 0 bridgehead atoms. The summed E-state index contributed by atoms with van der Waals surface area (Å²) in [7, 11) is 0. The van der Waals surface area contributed by atoms with Crippen molar-refractivity contribution in [2.45, 2.75) is 85.6 Å². The van der Waals surface area contributed by atoms with Gasteiger partial charge in [-0.2, -0.15) is 0 Å². The second kappa shape index (κ2) is 22.0. The van der Waals surface area contributed by atoms with Gasteiger partial charge in [0.2, 0.25) is 17.8 Å². The minimum Gasteiger partial charge on any atom is -0.368 e. The van der Waals surface area contributed by atoms with Gasteiger partial charge < -0.3 is 25.4 Å². The number of hydrogen-bond acceptors (Lipinski definition) is 12. The predicted molar refractivity (Wildman–Crippen MR) is 255 cm³/mol. The molecule has 7 rings (SSSR count). The molecule has 14 nitrogen and oxygen atoms in total. The average Bonchev–Trinajstić information content (AvgIpc) is 3.81. The van der Waals surface area contributed by atoms with Crippen LogP contribution in [0.4, 0.5) is 31.9 Å². The van der Waals surface area contributed by atoms with Crippen LogP contribution in [-0.2, 0) is 9.59 Å². The van der Waals surface area contributed by atoms with E-state index >= 15 is 8.78 Å². The SMILES string of the molecule is Cc1nc(C#CCC(=O)c2ccccc2NC(=O)CCCCCCCNC(=O)CN2CCN(c3ccc(Nc4ncc(F)c(-c5cc(F)c6nc(C)n(C(C)C)c6c5)n4)nc3)CC2)sc1C. The molecule has 344 valence electrons. The second-order valence-electron chi connectivity index (χ2n) is 16.7. The zero-order valence-electron chi connectivity index (χ0n) is 38.0. The standard InChI is InChI=1S/C49H55F2N11O3S/c1-31(2)62-34(5)56-48-38(50)26-35(27-41(48)62)47-39(51)29-54-49(59-47)58-43-20-19-36(28-53-43)61-24-22-60(23-25-61)30-45(65)52-21-12-8-6-7-9-17-44(64)57-40-15-11-10-14-37(40)42(63)16-13-18-46-55-32(3)33(4)66-46/h10-11,14-15,19-20,26-29,31H,6-9,12,16-17,21-25,30H2,1-5H3,(H,52,65)(H,57,64)(H,53,54,58,59). The van der Waals surface area contributed by atoms with Crippen LogP contribution >= 0.6 is 11.3 Å². The Hall–Kier alpha value is -6.64. The quantitative estimate of drug-likeness (QED) is 0.0430. The van der Waals surface area contributed by atoms with E-state index in [9.17, 15) is 14.4 Å². The number of nitrogens with zero attached hydrogens (tertiary/aromatic N) is 8. The first-order chi connectivity index (χ1) is 31.8. The van der Waals surface area contributed by atoms with Gasteiger partial charge in [0.25, 0.3) is 0 Å². The van der Waals surface area contributed by atoms with Crippen LogP contribution in [-0.4, -0.2) is 91.3 Å². The number of fused-ring (bicyclic) bond motifs is 1. The van der Waals surface area contributed by atoms with Gasteiger partial charge in [-0.15, -0.1) is 11.3 Å². The van der Waals surface area contributed by atoms with Gasteiger partial charge in [0.15, 0.2) is 22.4 Å². The highest BCUT2D eigenvalue weighted by Crippen LogP contribution is 2.31. The Morgan fingerprint density at radius 2 is 1.62 bits per heavy atom. The minimum atomic E-state index is -0.679. The molecule has 2 aromatic carbocycles. The molecule has 3 N–H and O–H groups in total. The number of piperazine rings is 1. The number of rotatable bonds is 18. The van der Waals surface area contributed by atoms with E-state index in [-0.39, 0.29) is 52.8 Å². The van der Waals surface area contributed by atoms with E-state index in [4.69, 9.17) is 0 Å². The number of carbonyl (C=O) groups excluding carboxylic acids is 3. The van der Waals surface area contributed by atoms with Crippen molar-refractivity contribution in [1.29, 1.82) is 0 Å². The lowest BCUT2D eigenvalue weighted by Crippen LogP contribution is -2.49. The molecule has 2 amide bonds. The van der Waals surface area contributed by atoms with Crippen molar-refractivity contribution in [3.05, 3.63) is 99.5 Å². The molecular formula is C49H55F2N11O3S. The van der Waals surface area contributed by atoms with Crippen LogP contribution in [0.15, 0.2) is 60.9 Å². The summed E-state index contributed by atoms with van der Waals surface area (Å²) < 4.78 is 32.1. The minimum absolute atomic E-state index is 0.00169. The molecule has 1 fully saturated rings. The third-order valence-electron chi connectivity index (χ3n) is 11.4. The number of thiazole rings is 1. The predicted octanol–water partition coefficient (Wildman–Crippen LogP) is 8.71. The van der Waals surface area contributed by atoms with Gasteiger partial charge in [-0.05, 0) is 89.8 Å². The Bertz CT molecular complexity index is 2730. The number of hydrogen-bond donors (Lipinski definition) is 3. The topological polar surface area (TPSA) is 163 Å². The summed E-state index contributed by atoms with van der Waals surface area (Å²) in [5, 5.41) is 9.67. The number of imidazole rings is 1. The fraction of sp³-hybridized carbons (Fsp3) is 0.388. The van der Waals surface area contributed by atoms with Gasteiger partial charge >= 0.3 is 0 Å². The van der Waals surface area contributed by atoms with Gasteiger partial charge in [-0.3, -0.25) is 19.3 Å². The number of amides is 2. The maximum Gasteiger partial charge on any atom is 0.234 e. The number of aryl methyl sites for hydroxylation is 3. The van der Waals surface area contributed by atoms with E-state index in [1.807, 2.05) is 45.3 Å². The Balaban J connectivity index is 0.767. The molecule has 66 heavy (non-hydrogen) atoms. The summed E-state index contributed by atoms with van der Waals surface area (Å²) in [6.07, 6.45) is 7.59. The summed E-state index contributed by atoms with van der Waals surface area (Å²) in [6, 6.07) is 13.7. The highest BCUT2D eigenvalue weighted by molar-refractivity contribution is 7.12. The smallest absolute Gasteiger partial charge is 0.234 e. The van der Waals surface area contributed by atoms with Crippen molar-refractivity contribution in [3.8, 4) is 23.1 Å². The molecule has 1 aliphatic rings. The Labute approximate surface area is 387 Å². The number of carbonyl (C=O) groups is 3. The molecule has 1 aliphatic heterocycles. The monoisotopic (exact) mass is 915 g/mol. The van der Waals surface area contributed by atoms with Gasteiger partial charge in [0.05, 0.1) is 47.9 Å². The normalized spacial score (nSPS) is 12.9. The molecule has 4 aromatic heterocycles. The first kappa shape index (κ1) is 47.3. The van der Waals surface area contributed by atoms with Crippen LogP contribution in [0.5, 0.6) is 0 Å². The third kappa shape index (κ3) is 12.2. The summed E-state index contributed by atoms with van der Waals surface area (Å²) >= 11 is 1.51. The fourth-order valence-corrected chi connectivity index (χ4v) is 8.70. The number of benzene rings is 2. The highest BCUT2D eigenvalue weighted by Gasteiger charge is 2.21. The van der Waals surface area contributed by atoms with E-state index < -0.39 is 11.6 Å². The average molecular weight is 916 g/mol. The van der Waals surface area contributed by atoms with Gasteiger partial charge in [0.1, 0.15) is 22.9 Å². The lowest BCUT2D eigenvalue weighted by atomic mass is 10.1. The summed E-state index contributed by atoms with van der Waals surface area (Å²) in [6.45, 7) is 13.5. The lowest BCUT2D eigenvalue weighted by molar-refractivity contribution is -0.122. The number of para-hydroxylation sites is 1. The molecule has 1 saturated heterocycles. The van der Waals surface area contributed by atoms with Crippen LogP contribution in [0.3, 0.4) is 0 Å². The van der Waals surface area contributed by atoms with Gasteiger partial charge in [0, 0.05) is 61.2 Å². The van der Waals surface area contributed by atoms with Crippen molar-refractivity contribution in [1.82, 2.24) is 39.7 Å². The maximum atomic E-state index is 15.1. The van der Waals surface area contributed by atoms with Gasteiger partial charge in [-0.1, -0.05) is 37.3 Å². The zero-order valence-corrected chi connectivity index (χ0v) is 38.8. The molecule has 0 spiro atoms. The zero-order chi connectivity index (χ0) is 46.7. The number of nitrogens with one attached hydrogen (secondary N) is 3. The van der Waals surface area contributed by atoms with E-state index in [2.05, 4.69) is 62.5 Å². The number of Topliss-reactive ketones (excluding diaryl/α,β-unsaturated/α-hetero) is 1. The first-order valence-electron chi connectivity index (χ1n) is 22.4. The Kier molecular flexibility index (Phi) is 15.8. The highest BCUT2D eigenvalue weighted by atomic mass is 32.1. The van der Waals surface area contributed by atoms with Crippen molar-refractivity contribution in [3.63, 3.8) is 0 Å².